The average Bonchev–Trinajstić information content (AvgIpc) is 3.31. The molecule has 0 saturated heterocycles. The zero-order valence-corrected chi connectivity index (χ0v) is 18.0. The van der Waals surface area contributed by atoms with E-state index in [1.54, 1.807) is 16.2 Å². The summed E-state index contributed by atoms with van der Waals surface area (Å²) >= 11 is 1.76. The van der Waals surface area contributed by atoms with Crippen LogP contribution >= 0.6 is 11.3 Å². The number of fused-ring (bicyclic) bond motifs is 2. The van der Waals surface area contributed by atoms with Crippen molar-refractivity contribution in [1.29, 1.82) is 0 Å². The van der Waals surface area contributed by atoms with Crippen LogP contribution < -0.4 is 9.64 Å². The van der Waals surface area contributed by atoms with Crippen LogP contribution in [0.15, 0.2) is 66.0 Å². The fourth-order valence-corrected chi connectivity index (χ4v) is 5.40. The molecular formula is C25H24N2O3S. The van der Waals surface area contributed by atoms with E-state index in [2.05, 4.69) is 23.6 Å². The van der Waals surface area contributed by atoms with E-state index in [1.807, 2.05) is 47.4 Å². The molecule has 1 aromatic heterocycles. The molecule has 158 valence electrons. The molecule has 2 aromatic carbocycles. The first kappa shape index (κ1) is 19.8. The number of carbonyl (C=O) groups excluding carboxylic acids is 2. The van der Waals surface area contributed by atoms with Crippen LogP contribution in [0.1, 0.15) is 34.9 Å². The lowest BCUT2D eigenvalue weighted by atomic mass is 9.93. The Bertz CT molecular complexity index is 1090. The van der Waals surface area contributed by atoms with Gasteiger partial charge >= 0.3 is 0 Å². The van der Waals surface area contributed by atoms with Gasteiger partial charge in [-0.2, -0.15) is 0 Å². The Morgan fingerprint density at radius 1 is 0.935 bits per heavy atom. The number of hydrogen-bond acceptors (Lipinski definition) is 4. The van der Waals surface area contributed by atoms with Crippen LogP contribution in [0.5, 0.6) is 5.75 Å². The normalized spacial score (nSPS) is 17.5. The van der Waals surface area contributed by atoms with Crippen LogP contribution in [-0.2, 0) is 16.0 Å². The van der Waals surface area contributed by atoms with Gasteiger partial charge in [-0.3, -0.25) is 9.59 Å². The molecule has 0 bridgehead atoms. The minimum Gasteiger partial charge on any atom is -0.490 e. The number of ether oxygens (including phenoxy) is 1. The summed E-state index contributed by atoms with van der Waals surface area (Å²) in [4.78, 5) is 31.3. The molecule has 31 heavy (non-hydrogen) atoms. The second-order valence-corrected chi connectivity index (χ2v) is 8.81. The third kappa shape index (κ3) is 3.83. The van der Waals surface area contributed by atoms with Gasteiger partial charge in [-0.05, 0) is 41.1 Å². The standard InChI is InChI=1S/C25H24N2O3S/c28-23(26-15-16-30-21-9-5-4-8-20(21)26)10-11-24(29)27-14-12-22-19(13-17-31-22)25(27)18-6-2-1-3-7-18/h1-9,13,17,25H,10-12,14-16H2. The van der Waals surface area contributed by atoms with Gasteiger partial charge in [-0.1, -0.05) is 42.5 Å². The van der Waals surface area contributed by atoms with Crippen LogP contribution in [0.25, 0.3) is 0 Å². The Morgan fingerprint density at radius 3 is 2.58 bits per heavy atom. The second-order valence-electron chi connectivity index (χ2n) is 7.81. The Labute approximate surface area is 185 Å². The number of hydrogen-bond donors (Lipinski definition) is 0. The predicted octanol–water partition coefficient (Wildman–Crippen LogP) is 4.43. The zero-order chi connectivity index (χ0) is 21.2. The van der Waals surface area contributed by atoms with Crippen LogP contribution in [0.2, 0.25) is 0 Å². The first-order valence-electron chi connectivity index (χ1n) is 10.7. The third-order valence-electron chi connectivity index (χ3n) is 5.98. The number of carbonyl (C=O) groups is 2. The van der Waals surface area contributed by atoms with Crippen molar-refractivity contribution in [2.24, 2.45) is 0 Å². The molecule has 0 radical (unpaired) electrons. The molecule has 1 unspecified atom stereocenters. The zero-order valence-electron chi connectivity index (χ0n) is 17.2. The van der Waals surface area contributed by atoms with Crippen molar-refractivity contribution < 1.29 is 14.3 Å². The highest BCUT2D eigenvalue weighted by atomic mass is 32.1. The van der Waals surface area contributed by atoms with Gasteiger partial charge in [0.25, 0.3) is 0 Å². The van der Waals surface area contributed by atoms with Crippen LogP contribution in [0.4, 0.5) is 5.69 Å². The number of para-hydroxylation sites is 2. The van der Waals surface area contributed by atoms with E-state index in [0.29, 0.717) is 19.7 Å². The first-order chi connectivity index (χ1) is 15.2. The van der Waals surface area contributed by atoms with Gasteiger partial charge in [-0.15, -0.1) is 11.3 Å². The molecule has 0 fully saturated rings. The molecule has 0 spiro atoms. The number of nitrogens with zero attached hydrogens (tertiary/aromatic N) is 2. The lowest BCUT2D eigenvalue weighted by Gasteiger charge is -2.36. The molecule has 0 N–H and O–H groups in total. The van der Waals surface area contributed by atoms with E-state index in [-0.39, 0.29) is 30.7 Å². The predicted molar refractivity (Wildman–Crippen MR) is 122 cm³/mol. The summed E-state index contributed by atoms with van der Waals surface area (Å²) in [6.07, 6.45) is 1.27. The van der Waals surface area contributed by atoms with Crippen molar-refractivity contribution >= 4 is 28.8 Å². The molecule has 5 rings (SSSR count). The fourth-order valence-electron chi connectivity index (χ4n) is 4.50. The Morgan fingerprint density at radius 2 is 1.71 bits per heavy atom. The van der Waals surface area contributed by atoms with E-state index in [4.69, 9.17) is 4.74 Å². The van der Waals surface area contributed by atoms with Crippen LogP contribution in [0.3, 0.4) is 0 Å². The lowest BCUT2D eigenvalue weighted by molar-refractivity contribution is -0.135. The molecule has 0 saturated carbocycles. The number of benzene rings is 2. The van der Waals surface area contributed by atoms with Crippen molar-refractivity contribution in [3.8, 4) is 5.75 Å². The molecule has 2 amide bonds. The van der Waals surface area contributed by atoms with Gasteiger partial charge < -0.3 is 14.5 Å². The molecule has 3 heterocycles. The number of anilines is 1. The fraction of sp³-hybridized carbons (Fsp3) is 0.280. The average molecular weight is 433 g/mol. The smallest absolute Gasteiger partial charge is 0.227 e. The summed E-state index contributed by atoms with van der Waals surface area (Å²) in [6.45, 7) is 1.67. The van der Waals surface area contributed by atoms with Crippen molar-refractivity contribution in [2.45, 2.75) is 25.3 Å². The largest absolute Gasteiger partial charge is 0.490 e. The molecule has 5 nitrogen and oxygen atoms in total. The Kier molecular flexibility index (Phi) is 5.47. The van der Waals surface area contributed by atoms with Crippen LogP contribution in [0, 0.1) is 0 Å². The minimum atomic E-state index is -0.0806. The number of amides is 2. The highest BCUT2D eigenvalue weighted by Crippen LogP contribution is 2.38. The van der Waals surface area contributed by atoms with E-state index in [0.717, 1.165) is 23.4 Å². The summed E-state index contributed by atoms with van der Waals surface area (Å²) in [6, 6.07) is 19.8. The molecule has 1 atom stereocenters. The lowest BCUT2D eigenvalue weighted by Crippen LogP contribution is -2.41. The second kappa shape index (κ2) is 8.55. The summed E-state index contributed by atoms with van der Waals surface area (Å²) < 4.78 is 5.65. The summed E-state index contributed by atoms with van der Waals surface area (Å²) in [7, 11) is 0. The monoisotopic (exact) mass is 432 g/mol. The van der Waals surface area contributed by atoms with Crippen molar-refractivity contribution in [3.63, 3.8) is 0 Å². The summed E-state index contributed by atoms with van der Waals surface area (Å²) in [5.41, 5.74) is 3.11. The topological polar surface area (TPSA) is 49.9 Å². The molecular weight excluding hydrogens is 408 g/mol. The maximum atomic E-state index is 13.3. The highest BCUT2D eigenvalue weighted by molar-refractivity contribution is 7.10. The first-order valence-corrected chi connectivity index (χ1v) is 11.5. The van der Waals surface area contributed by atoms with Gasteiger partial charge in [-0.25, -0.2) is 0 Å². The van der Waals surface area contributed by atoms with E-state index >= 15 is 0 Å². The molecule has 2 aliphatic heterocycles. The third-order valence-corrected chi connectivity index (χ3v) is 6.98. The molecule has 0 aliphatic carbocycles. The van der Waals surface area contributed by atoms with Gasteiger partial charge in [0.1, 0.15) is 12.4 Å². The Balaban J connectivity index is 1.32. The van der Waals surface area contributed by atoms with Gasteiger partial charge in [0.05, 0.1) is 18.3 Å². The maximum Gasteiger partial charge on any atom is 0.227 e. The van der Waals surface area contributed by atoms with Crippen molar-refractivity contribution in [3.05, 3.63) is 82.0 Å². The Hall–Kier alpha value is -3.12. The minimum absolute atomic E-state index is 0.0283. The van der Waals surface area contributed by atoms with Gasteiger partial charge in [0.15, 0.2) is 0 Å². The summed E-state index contributed by atoms with van der Waals surface area (Å²) in [5, 5.41) is 2.11. The maximum absolute atomic E-state index is 13.3. The molecule has 3 aromatic rings. The quantitative estimate of drug-likeness (QED) is 0.613. The van der Waals surface area contributed by atoms with Crippen molar-refractivity contribution in [2.75, 3.05) is 24.6 Å². The van der Waals surface area contributed by atoms with Crippen LogP contribution in [-0.4, -0.2) is 36.4 Å². The van der Waals surface area contributed by atoms with E-state index < -0.39 is 0 Å². The summed E-state index contributed by atoms with van der Waals surface area (Å²) in [5.74, 6) is 0.716. The van der Waals surface area contributed by atoms with E-state index in [9.17, 15) is 9.59 Å². The highest BCUT2D eigenvalue weighted by Gasteiger charge is 2.33. The molecule has 2 aliphatic rings. The van der Waals surface area contributed by atoms with Crippen molar-refractivity contribution in [1.82, 2.24) is 4.90 Å². The van der Waals surface area contributed by atoms with E-state index in [1.165, 1.54) is 10.4 Å². The van der Waals surface area contributed by atoms with Gasteiger partial charge in [0.2, 0.25) is 11.8 Å². The van der Waals surface area contributed by atoms with Gasteiger partial charge in [0, 0.05) is 24.3 Å². The number of rotatable bonds is 4. The SMILES string of the molecule is O=C(CCC(=O)N1CCc2sccc2C1c1ccccc1)N1CCOc2ccccc21. The molecule has 6 heteroatoms. The number of thiophene rings is 1.